The van der Waals surface area contributed by atoms with E-state index in [0.29, 0.717) is 0 Å². The molecule has 0 N–H and O–H groups in total. The molecule has 120 valence electrons. The van der Waals surface area contributed by atoms with Crippen LogP contribution >= 0.6 is 0 Å². The lowest BCUT2D eigenvalue weighted by molar-refractivity contribution is -0.440. The molecule has 0 saturated carbocycles. The van der Waals surface area contributed by atoms with Crippen LogP contribution in [-0.4, -0.2) is 14.3 Å². The quantitative estimate of drug-likeness (QED) is 0.735. The molecule has 2 aliphatic rings. The minimum absolute atomic E-state index is 0.0183. The molecule has 1 saturated heterocycles. The number of hydrogen-bond donors (Lipinski definition) is 0. The molecule has 0 aliphatic carbocycles. The van der Waals surface area contributed by atoms with Gasteiger partial charge >= 0.3 is 5.97 Å². The predicted octanol–water partition coefficient (Wildman–Crippen LogP) is 4.98. The minimum Gasteiger partial charge on any atom is -0.447 e. The summed E-state index contributed by atoms with van der Waals surface area (Å²) < 4.78 is 18.6. The highest BCUT2D eigenvalue weighted by Gasteiger charge is 2.65. The first-order chi connectivity index (χ1) is 10.2. The predicted molar refractivity (Wildman–Crippen MR) is 89.6 cm³/mol. The average Bonchev–Trinajstić information content (AvgIpc) is 2.62. The van der Waals surface area contributed by atoms with E-state index in [2.05, 4.69) is 52.9 Å². The lowest BCUT2D eigenvalue weighted by Crippen LogP contribution is -2.62. The number of benzene rings is 1. The third-order valence-corrected chi connectivity index (χ3v) is 9.61. The van der Waals surface area contributed by atoms with Crippen LogP contribution in [0.3, 0.4) is 0 Å². The maximum absolute atomic E-state index is 6.51. The van der Waals surface area contributed by atoms with E-state index >= 15 is 0 Å². The lowest BCUT2D eigenvalue weighted by Gasteiger charge is -2.53. The third-order valence-electron chi connectivity index (χ3n) is 5.21. The first-order valence-corrected chi connectivity index (χ1v) is 10.8. The summed E-state index contributed by atoms with van der Waals surface area (Å²) in [5.74, 6) is -0.767. The van der Waals surface area contributed by atoms with E-state index in [4.69, 9.17) is 13.9 Å². The Hall–Kier alpha value is -1.10. The van der Waals surface area contributed by atoms with Gasteiger partial charge in [-0.15, -0.1) is 0 Å². The van der Waals surface area contributed by atoms with Gasteiger partial charge in [0.15, 0.2) is 0 Å². The molecular weight excluding hydrogens is 292 g/mol. The summed E-state index contributed by atoms with van der Waals surface area (Å²) in [5.41, 5.74) is 2.37. The Morgan fingerprint density at radius 3 is 2.36 bits per heavy atom. The molecule has 0 radical (unpaired) electrons. The van der Waals surface area contributed by atoms with Gasteiger partial charge in [0.05, 0.1) is 6.26 Å². The summed E-state index contributed by atoms with van der Waals surface area (Å²) in [6, 6.07) is 10.3. The number of hydrogen-bond acceptors (Lipinski definition) is 3. The van der Waals surface area contributed by atoms with Gasteiger partial charge in [0.25, 0.3) is 0 Å². The highest BCUT2D eigenvalue weighted by atomic mass is 28.4. The van der Waals surface area contributed by atoms with E-state index < -0.39 is 14.3 Å². The van der Waals surface area contributed by atoms with Crippen molar-refractivity contribution in [1.82, 2.24) is 0 Å². The van der Waals surface area contributed by atoms with E-state index in [1.807, 2.05) is 18.2 Å². The van der Waals surface area contributed by atoms with Crippen molar-refractivity contribution in [2.24, 2.45) is 5.92 Å². The Kier molecular flexibility index (Phi) is 3.55. The normalized spacial score (nSPS) is 31.1. The molecule has 2 heterocycles. The van der Waals surface area contributed by atoms with Crippen LogP contribution in [0.4, 0.5) is 0 Å². The van der Waals surface area contributed by atoms with Crippen LogP contribution in [0.5, 0.6) is 0 Å². The van der Waals surface area contributed by atoms with Crippen LogP contribution < -0.4 is 0 Å². The van der Waals surface area contributed by atoms with E-state index in [1.165, 1.54) is 11.1 Å². The van der Waals surface area contributed by atoms with Crippen LogP contribution in [0.2, 0.25) is 18.1 Å². The Morgan fingerprint density at radius 2 is 1.77 bits per heavy atom. The lowest BCUT2D eigenvalue weighted by atomic mass is 9.84. The van der Waals surface area contributed by atoms with Gasteiger partial charge in [0.2, 0.25) is 8.32 Å². The van der Waals surface area contributed by atoms with Crippen LogP contribution in [-0.2, 0) is 13.9 Å². The molecule has 1 aromatic carbocycles. The van der Waals surface area contributed by atoms with Gasteiger partial charge in [-0.25, -0.2) is 0 Å². The van der Waals surface area contributed by atoms with Gasteiger partial charge in [0, 0.05) is 0 Å². The number of ether oxygens (including phenoxy) is 2. The van der Waals surface area contributed by atoms with Crippen molar-refractivity contribution in [3.05, 3.63) is 47.7 Å². The SMILES string of the molecule is CC1=CO[C@]2(O[Si](C)(C)C(C)(C)C)O[C@@H](c3ccccc3)[C@H]12. The highest BCUT2D eigenvalue weighted by Crippen LogP contribution is 2.59. The van der Waals surface area contributed by atoms with Crippen molar-refractivity contribution in [1.29, 1.82) is 0 Å². The van der Waals surface area contributed by atoms with Crippen LogP contribution in [0.1, 0.15) is 39.4 Å². The Morgan fingerprint density at radius 1 is 1.14 bits per heavy atom. The minimum atomic E-state index is -1.98. The Bertz CT molecular complexity index is 588. The van der Waals surface area contributed by atoms with E-state index in [0.717, 1.165) is 0 Å². The molecule has 0 unspecified atom stereocenters. The van der Waals surface area contributed by atoms with Gasteiger partial charge in [-0.05, 0) is 36.2 Å². The Balaban J connectivity index is 1.85. The highest BCUT2D eigenvalue weighted by molar-refractivity contribution is 6.74. The maximum atomic E-state index is 6.51. The fourth-order valence-corrected chi connectivity index (χ4v) is 4.06. The molecule has 22 heavy (non-hydrogen) atoms. The summed E-state index contributed by atoms with van der Waals surface area (Å²) >= 11 is 0. The standard InChI is InChI=1S/C18H26O3Si/c1-13-12-19-18(21-22(5,6)17(2,3)4)15(13)16(20-18)14-10-8-7-9-11-14/h7-12,15-16H,1-6H3/t15-,16-,18-/m0/s1. The van der Waals surface area contributed by atoms with Gasteiger partial charge < -0.3 is 13.9 Å². The number of rotatable bonds is 3. The van der Waals surface area contributed by atoms with Crippen molar-refractivity contribution >= 4 is 8.32 Å². The zero-order chi connectivity index (χ0) is 16.2. The van der Waals surface area contributed by atoms with E-state index in [-0.39, 0.29) is 17.1 Å². The second kappa shape index (κ2) is 4.95. The second-order valence-electron chi connectivity index (χ2n) is 7.87. The second-order valence-corrected chi connectivity index (χ2v) is 12.6. The van der Waals surface area contributed by atoms with Crippen molar-refractivity contribution in [2.75, 3.05) is 0 Å². The van der Waals surface area contributed by atoms with Gasteiger partial charge in [-0.1, -0.05) is 51.1 Å². The molecule has 1 aromatic rings. The summed E-state index contributed by atoms with van der Waals surface area (Å²) in [6.45, 7) is 13.2. The van der Waals surface area contributed by atoms with Crippen LogP contribution in [0.25, 0.3) is 0 Å². The fraction of sp³-hybridized carbons (Fsp3) is 0.556. The third kappa shape index (κ3) is 2.34. The summed E-state index contributed by atoms with van der Waals surface area (Å²) in [6.07, 6.45) is 1.82. The van der Waals surface area contributed by atoms with Crippen molar-refractivity contribution in [3.8, 4) is 0 Å². The van der Waals surface area contributed by atoms with Crippen molar-refractivity contribution in [2.45, 2.75) is 57.9 Å². The van der Waals surface area contributed by atoms with Gasteiger partial charge in [-0.2, -0.15) is 0 Å². The molecule has 3 atom stereocenters. The maximum Gasteiger partial charge on any atom is 0.327 e. The molecule has 4 heteroatoms. The van der Waals surface area contributed by atoms with E-state index in [1.54, 1.807) is 6.26 Å². The topological polar surface area (TPSA) is 27.7 Å². The van der Waals surface area contributed by atoms with Gasteiger partial charge in [-0.3, -0.25) is 0 Å². The average molecular weight is 318 g/mol. The monoisotopic (exact) mass is 318 g/mol. The first-order valence-electron chi connectivity index (χ1n) is 7.94. The molecule has 3 nitrogen and oxygen atoms in total. The summed E-state index contributed by atoms with van der Waals surface area (Å²) in [5, 5.41) is 0.118. The zero-order valence-corrected chi connectivity index (χ0v) is 15.3. The number of fused-ring (bicyclic) bond motifs is 1. The van der Waals surface area contributed by atoms with Crippen LogP contribution in [0.15, 0.2) is 42.2 Å². The first kappa shape index (κ1) is 15.8. The van der Waals surface area contributed by atoms with E-state index in [9.17, 15) is 0 Å². The summed E-state index contributed by atoms with van der Waals surface area (Å²) in [4.78, 5) is 0. The molecular formula is C18H26O3Si. The smallest absolute Gasteiger partial charge is 0.327 e. The van der Waals surface area contributed by atoms with Gasteiger partial charge in [0.1, 0.15) is 12.0 Å². The van der Waals surface area contributed by atoms with Crippen LogP contribution in [0, 0.1) is 5.92 Å². The Labute approximate surface area is 134 Å². The zero-order valence-electron chi connectivity index (χ0n) is 14.3. The largest absolute Gasteiger partial charge is 0.447 e. The van der Waals surface area contributed by atoms with Crippen molar-refractivity contribution < 1.29 is 13.9 Å². The molecule has 0 bridgehead atoms. The molecule has 1 fully saturated rings. The summed E-state index contributed by atoms with van der Waals surface area (Å²) in [7, 11) is -1.98. The molecule has 0 aromatic heterocycles. The molecule has 0 amide bonds. The molecule has 0 spiro atoms. The molecule has 3 rings (SSSR count). The van der Waals surface area contributed by atoms with Crippen molar-refractivity contribution in [3.63, 3.8) is 0 Å². The fourth-order valence-electron chi connectivity index (χ4n) is 2.82. The molecule has 2 aliphatic heterocycles.